The van der Waals surface area contributed by atoms with E-state index in [1.54, 1.807) is 6.07 Å². The molecule has 0 aromatic carbocycles. The van der Waals surface area contributed by atoms with Crippen LogP contribution in [0.2, 0.25) is 0 Å². The molecular formula is C13H14N2O3. The second-order valence-corrected chi connectivity index (χ2v) is 4.98. The molecule has 3 rings (SSSR count). The third-order valence-electron chi connectivity index (χ3n) is 3.73. The zero-order valence-electron chi connectivity index (χ0n) is 9.87. The van der Waals surface area contributed by atoms with Crippen molar-refractivity contribution >= 4 is 11.8 Å². The van der Waals surface area contributed by atoms with E-state index < -0.39 is 0 Å². The van der Waals surface area contributed by atoms with Crippen molar-refractivity contribution in [3.8, 4) is 0 Å². The Morgan fingerprint density at radius 1 is 1.28 bits per heavy atom. The summed E-state index contributed by atoms with van der Waals surface area (Å²) in [6.45, 7) is 0.406. The molecule has 1 aromatic rings. The van der Waals surface area contributed by atoms with Crippen LogP contribution in [0.5, 0.6) is 0 Å². The molecule has 94 valence electrons. The van der Waals surface area contributed by atoms with Gasteiger partial charge in [-0.3, -0.25) is 19.5 Å². The third kappa shape index (κ3) is 1.71. The van der Waals surface area contributed by atoms with Crippen LogP contribution in [-0.2, 0) is 0 Å². The Balaban J connectivity index is 1.80. The predicted octanol–water partition coefficient (Wildman–Crippen LogP) is 0.839. The highest BCUT2D eigenvalue weighted by atomic mass is 16.3. The van der Waals surface area contributed by atoms with Gasteiger partial charge in [-0.2, -0.15) is 0 Å². The second kappa shape index (κ2) is 4.17. The average Bonchev–Trinajstić information content (AvgIpc) is 2.88. The molecule has 1 aromatic heterocycles. The van der Waals surface area contributed by atoms with Crippen LogP contribution < -0.4 is 0 Å². The van der Waals surface area contributed by atoms with Gasteiger partial charge in [0.1, 0.15) is 0 Å². The molecule has 2 aliphatic rings. The number of aliphatic hydroxyl groups excluding tert-OH is 1. The van der Waals surface area contributed by atoms with Crippen LogP contribution in [-0.4, -0.2) is 39.5 Å². The summed E-state index contributed by atoms with van der Waals surface area (Å²) in [4.78, 5) is 29.3. The Kier molecular flexibility index (Phi) is 2.63. The molecule has 2 atom stereocenters. The number of amides is 2. The van der Waals surface area contributed by atoms with Crippen molar-refractivity contribution in [1.82, 2.24) is 9.88 Å². The lowest BCUT2D eigenvalue weighted by atomic mass is 10.1. The van der Waals surface area contributed by atoms with Gasteiger partial charge in [0.2, 0.25) is 0 Å². The van der Waals surface area contributed by atoms with E-state index in [-0.39, 0.29) is 23.8 Å². The maximum Gasteiger partial charge on any atom is 0.263 e. The highest BCUT2D eigenvalue weighted by Gasteiger charge is 2.37. The molecule has 0 spiro atoms. The van der Waals surface area contributed by atoms with Gasteiger partial charge < -0.3 is 5.11 Å². The van der Waals surface area contributed by atoms with Crippen molar-refractivity contribution in [1.29, 1.82) is 0 Å². The zero-order chi connectivity index (χ0) is 12.7. The minimum absolute atomic E-state index is 0.218. The van der Waals surface area contributed by atoms with E-state index in [4.69, 9.17) is 0 Å². The summed E-state index contributed by atoms with van der Waals surface area (Å²) in [5, 5.41) is 9.48. The first-order valence-electron chi connectivity index (χ1n) is 6.15. The van der Waals surface area contributed by atoms with E-state index >= 15 is 0 Å². The van der Waals surface area contributed by atoms with Crippen LogP contribution >= 0.6 is 0 Å². The number of rotatable bonds is 2. The first kappa shape index (κ1) is 11.3. The van der Waals surface area contributed by atoms with Gasteiger partial charge in [-0.25, -0.2) is 0 Å². The van der Waals surface area contributed by atoms with Crippen molar-refractivity contribution in [2.45, 2.75) is 25.4 Å². The molecule has 0 radical (unpaired) electrons. The smallest absolute Gasteiger partial charge is 0.263 e. The van der Waals surface area contributed by atoms with Crippen molar-refractivity contribution < 1.29 is 14.7 Å². The van der Waals surface area contributed by atoms with Gasteiger partial charge in [0.15, 0.2) is 0 Å². The third-order valence-corrected chi connectivity index (χ3v) is 3.73. The van der Waals surface area contributed by atoms with Gasteiger partial charge >= 0.3 is 0 Å². The molecule has 2 amide bonds. The fourth-order valence-corrected chi connectivity index (χ4v) is 2.77. The summed E-state index contributed by atoms with van der Waals surface area (Å²) < 4.78 is 0. The molecule has 2 heterocycles. The second-order valence-electron chi connectivity index (χ2n) is 4.98. The van der Waals surface area contributed by atoms with Crippen molar-refractivity contribution in [3.63, 3.8) is 0 Å². The molecule has 1 N–H and O–H groups in total. The summed E-state index contributed by atoms with van der Waals surface area (Å²) >= 11 is 0. The number of carbonyl (C=O) groups excluding carboxylic acids is 2. The Morgan fingerprint density at radius 3 is 2.72 bits per heavy atom. The van der Waals surface area contributed by atoms with Crippen LogP contribution in [0.25, 0.3) is 0 Å². The first-order valence-corrected chi connectivity index (χ1v) is 6.15. The Labute approximate surface area is 104 Å². The van der Waals surface area contributed by atoms with Gasteiger partial charge in [0, 0.05) is 18.9 Å². The van der Waals surface area contributed by atoms with Crippen molar-refractivity contribution in [2.75, 3.05) is 6.54 Å². The minimum Gasteiger partial charge on any atom is -0.393 e. The largest absolute Gasteiger partial charge is 0.393 e. The van der Waals surface area contributed by atoms with E-state index in [2.05, 4.69) is 4.98 Å². The average molecular weight is 246 g/mol. The number of aliphatic hydroxyl groups is 1. The summed E-state index contributed by atoms with van der Waals surface area (Å²) in [5.74, 6) is -0.279. The molecule has 1 aliphatic carbocycles. The van der Waals surface area contributed by atoms with Crippen LogP contribution in [0.3, 0.4) is 0 Å². The molecule has 5 heteroatoms. The SMILES string of the molecule is O=C1c2ccncc2C(=O)N1CC1CCC(O)C1. The van der Waals surface area contributed by atoms with Crippen LogP contribution in [0.1, 0.15) is 40.0 Å². The topological polar surface area (TPSA) is 70.5 Å². The molecule has 1 fully saturated rings. The molecule has 1 aliphatic heterocycles. The van der Waals surface area contributed by atoms with Crippen molar-refractivity contribution in [2.24, 2.45) is 5.92 Å². The molecule has 0 bridgehead atoms. The molecule has 5 nitrogen and oxygen atoms in total. The number of hydrogen-bond donors (Lipinski definition) is 1. The standard InChI is InChI=1S/C13H14N2O3/c16-9-2-1-8(5-9)7-15-12(17)10-3-4-14-6-11(10)13(15)18/h3-4,6,8-9,16H,1-2,5,7H2. The normalized spacial score (nSPS) is 26.8. The monoisotopic (exact) mass is 246 g/mol. The molecule has 0 saturated heterocycles. The Morgan fingerprint density at radius 2 is 2.06 bits per heavy atom. The van der Waals surface area contributed by atoms with E-state index in [1.807, 2.05) is 0 Å². The number of aromatic nitrogens is 1. The van der Waals surface area contributed by atoms with Gasteiger partial charge in [-0.1, -0.05) is 0 Å². The number of fused-ring (bicyclic) bond motifs is 1. The number of pyridine rings is 1. The Hall–Kier alpha value is -1.75. The number of carbonyl (C=O) groups is 2. The molecule has 2 unspecified atom stereocenters. The highest BCUT2D eigenvalue weighted by Crippen LogP contribution is 2.29. The molecule has 1 saturated carbocycles. The van der Waals surface area contributed by atoms with E-state index in [9.17, 15) is 14.7 Å². The molecular weight excluding hydrogens is 232 g/mol. The van der Waals surface area contributed by atoms with Gasteiger partial charge in [0.25, 0.3) is 11.8 Å². The quantitative estimate of drug-likeness (QED) is 0.785. The van der Waals surface area contributed by atoms with Crippen LogP contribution in [0.15, 0.2) is 18.5 Å². The van der Waals surface area contributed by atoms with Crippen molar-refractivity contribution in [3.05, 3.63) is 29.6 Å². The fraction of sp³-hybridized carbons (Fsp3) is 0.462. The predicted molar refractivity (Wildman–Crippen MR) is 63.0 cm³/mol. The maximum atomic E-state index is 12.1. The number of nitrogens with zero attached hydrogens (tertiary/aromatic N) is 2. The Bertz CT molecular complexity index is 480. The van der Waals surface area contributed by atoms with Crippen LogP contribution in [0, 0.1) is 5.92 Å². The van der Waals surface area contributed by atoms with Gasteiger partial charge in [-0.15, -0.1) is 0 Å². The van der Waals surface area contributed by atoms with Gasteiger partial charge in [-0.05, 0) is 31.2 Å². The van der Waals surface area contributed by atoms with E-state index in [1.165, 1.54) is 17.3 Å². The lowest BCUT2D eigenvalue weighted by Crippen LogP contribution is -2.34. The first-order chi connectivity index (χ1) is 8.66. The minimum atomic E-state index is -0.285. The lowest BCUT2D eigenvalue weighted by Gasteiger charge is -2.18. The maximum absolute atomic E-state index is 12.1. The highest BCUT2D eigenvalue weighted by molar-refractivity contribution is 6.21. The summed E-state index contributed by atoms with van der Waals surface area (Å²) in [6.07, 6.45) is 4.98. The lowest BCUT2D eigenvalue weighted by molar-refractivity contribution is 0.0624. The van der Waals surface area contributed by atoms with Crippen LogP contribution in [0.4, 0.5) is 0 Å². The number of hydrogen-bond acceptors (Lipinski definition) is 4. The van der Waals surface area contributed by atoms with E-state index in [0.717, 1.165) is 12.8 Å². The molecule has 18 heavy (non-hydrogen) atoms. The van der Waals surface area contributed by atoms with Gasteiger partial charge in [0.05, 0.1) is 17.2 Å². The summed E-state index contributed by atoms with van der Waals surface area (Å²) in [5.41, 5.74) is 0.828. The zero-order valence-corrected chi connectivity index (χ0v) is 9.87. The summed E-state index contributed by atoms with van der Waals surface area (Å²) in [6, 6.07) is 1.58. The summed E-state index contributed by atoms with van der Waals surface area (Å²) in [7, 11) is 0. The van der Waals surface area contributed by atoms with E-state index in [0.29, 0.717) is 24.1 Å². The fourth-order valence-electron chi connectivity index (χ4n) is 2.77. The number of imide groups is 1.